The van der Waals surface area contributed by atoms with E-state index in [4.69, 9.17) is 0 Å². The van der Waals surface area contributed by atoms with Crippen molar-refractivity contribution in [3.63, 3.8) is 0 Å². The van der Waals surface area contributed by atoms with Crippen LogP contribution in [0.2, 0.25) is 0 Å². The molecule has 0 aromatic carbocycles. The molecule has 0 aromatic heterocycles. The van der Waals surface area contributed by atoms with Gasteiger partial charge in [0, 0.05) is 0 Å². The second-order valence-electron chi connectivity index (χ2n) is 7.04. The number of carbonyl (C=O) groups excluding carboxylic acids is 1. The largest absolute Gasteiger partial charge is 1.00 e. The van der Waals surface area contributed by atoms with Gasteiger partial charge < -0.3 is 10.1 Å². The van der Waals surface area contributed by atoms with E-state index in [1.165, 1.54) is 57.8 Å². The van der Waals surface area contributed by atoms with Gasteiger partial charge in [0.15, 0.2) is 0 Å². The average Bonchev–Trinajstić information content (AvgIpc) is 2.64. The third-order valence-electron chi connectivity index (χ3n) is 4.54. The minimum absolute atomic E-state index is 0. The molecule has 0 N–H and O–H groups in total. The molecule has 0 atom stereocenters. The first-order valence-electron chi connectivity index (χ1n) is 10.7. The summed E-state index contributed by atoms with van der Waals surface area (Å²) < 4.78 is 26.5. The molecule has 0 aromatic rings. The van der Waals surface area contributed by atoms with E-state index in [0.29, 0.717) is 6.42 Å². The smallest absolute Gasteiger partial charge is 0.652 e. The van der Waals surface area contributed by atoms with Crippen molar-refractivity contribution in [2.45, 2.75) is 96.8 Å². The second kappa shape index (κ2) is 21.8. The second-order valence-corrected chi connectivity index (χ2v) is 8.90. The van der Waals surface area contributed by atoms with Crippen LogP contribution in [-0.2, 0) is 19.1 Å². The number of nitrogens with zero attached hydrogens (tertiary/aromatic N) is 1. The molecule has 0 bridgehead atoms. The zero-order valence-electron chi connectivity index (χ0n) is 18.5. The number of unbranched alkanes of at least 4 members (excludes halogenated alkanes) is 11. The van der Waals surface area contributed by atoms with Gasteiger partial charge in [-0.05, 0) is 38.5 Å². The molecular formula is C21H40NNaO4S. The van der Waals surface area contributed by atoms with Crippen molar-refractivity contribution in [1.29, 1.82) is 0 Å². The number of allylic oxidation sites excluding steroid dienone is 2. The van der Waals surface area contributed by atoms with E-state index in [-0.39, 0.29) is 47.8 Å². The van der Waals surface area contributed by atoms with Crippen LogP contribution in [0.15, 0.2) is 12.2 Å². The molecule has 0 saturated heterocycles. The van der Waals surface area contributed by atoms with Crippen molar-refractivity contribution in [2.24, 2.45) is 0 Å². The summed E-state index contributed by atoms with van der Waals surface area (Å²) in [6.45, 7) is 2.24. The van der Waals surface area contributed by atoms with Crippen LogP contribution in [0.1, 0.15) is 96.8 Å². The predicted molar refractivity (Wildman–Crippen MR) is 113 cm³/mol. The first-order valence-corrected chi connectivity index (χ1v) is 12.2. The molecule has 0 aliphatic rings. The Morgan fingerprint density at radius 2 is 1.36 bits per heavy atom. The standard InChI is InChI=1S/C21H41NO4S.Na/c1-3-4-5-6-7-8-9-10-11-12-13-14-15-16-17-18-21(23)22-19-20-27(24,25)26-2;/h10-11H,3-9,12-20H2,1-2H3,(H,22,23);/q;+1/p-1/b11-10-;. The van der Waals surface area contributed by atoms with E-state index < -0.39 is 10.1 Å². The predicted octanol–water partition coefficient (Wildman–Crippen LogP) is 2.90. The Hall–Kier alpha value is 0.120. The summed E-state index contributed by atoms with van der Waals surface area (Å²) in [7, 11) is -2.40. The Bertz CT molecular complexity index is 481. The van der Waals surface area contributed by atoms with Crippen LogP contribution in [0.3, 0.4) is 0 Å². The monoisotopic (exact) mass is 425 g/mol. The maximum atomic E-state index is 11.5. The van der Waals surface area contributed by atoms with Crippen LogP contribution < -0.4 is 29.6 Å². The third kappa shape index (κ3) is 22.4. The van der Waals surface area contributed by atoms with Crippen molar-refractivity contribution in [2.75, 3.05) is 19.4 Å². The molecule has 28 heavy (non-hydrogen) atoms. The summed E-state index contributed by atoms with van der Waals surface area (Å²) in [5, 5.41) is 3.75. The van der Waals surface area contributed by atoms with Gasteiger partial charge in [0.25, 0.3) is 10.1 Å². The summed E-state index contributed by atoms with van der Waals surface area (Å²) in [6.07, 6.45) is 20.9. The summed E-state index contributed by atoms with van der Waals surface area (Å²) >= 11 is 0. The summed E-state index contributed by atoms with van der Waals surface area (Å²) in [5.74, 6) is -0.444. The van der Waals surface area contributed by atoms with Gasteiger partial charge in [0.1, 0.15) is 0 Å². The normalized spacial score (nSPS) is 11.5. The van der Waals surface area contributed by atoms with Gasteiger partial charge in [0.05, 0.1) is 18.8 Å². The van der Waals surface area contributed by atoms with Gasteiger partial charge in [-0.1, -0.05) is 70.4 Å². The molecule has 0 heterocycles. The molecule has 0 rings (SSSR count). The van der Waals surface area contributed by atoms with E-state index in [1.54, 1.807) is 0 Å². The minimum Gasteiger partial charge on any atom is -0.652 e. The van der Waals surface area contributed by atoms with Crippen LogP contribution in [-0.4, -0.2) is 33.7 Å². The van der Waals surface area contributed by atoms with Crippen LogP contribution in [0.4, 0.5) is 0 Å². The molecule has 0 fully saturated rings. The first-order chi connectivity index (χ1) is 13.0. The van der Waals surface area contributed by atoms with Crippen LogP contribution >= 0.6 is 0 Å². The van der Waals surface area contributed by atoms with Crippen molar-refractivity contribution in [3.8, 4) is 0 Å². The molecule has 0 radical (unpaired) electrons. The van der Waals surface area contributed by atoms with Crippen LogP contribution in [0, 0.1) is 0 Å². The van der Waals surface area contributed by atoms with Crippen LogP contribution in [0.5, 0.6) is 0 Å². The molecule has 0 aliphatic carbocycles. The van der Waals surface area contributed by atoms with Crippen molar-refractivity contribution < 1.29 is 47.0 Å². The molecule has 0 spiro atoms. The van der Waals surface area contributed by atoms with Crippen molar-refractivity contribution in [1.82, 2.24) is 0 Å². The van der Waals surface area contributed by atoms with E-state index in [9.17, 15) is 13.2 Å². The van der Waals surface area contributed by atoms with Crippen molar-refractivity contribution >= 4 is 16.0 Å². The van der Waals surface area contributed by atoms with Gasteiger partial charge in [-0.2, -0.15) is 8.42 Å². The van der Waals surface area contributed by atoms with Crippen LogP contribution in [0.25, 0.3) is 5.32 Å². The topological polar surface area (TPSA) is 74.5 Å². The van der Waals surface area contributed by atoms with E-state index in [2.05, 4.69) is 28.6 Å². The number of amides is 1. The van der Waals surface area contributed by atoms with Crippen molar-refractivity contribution in [3.05, 3.63) is 17.5 Å². The Morgan fingerprint density at radius 1 is 0.857 bits per heavy atom. The first kappa shape index (κ1) is 30.3. The third-order valence-corrected chi connectivity index (χ3v) is 5.73. The quantitative estimate of drug-likeness (QED) is 0.138. The van der Waals surface area contributed by atoms with E-state index >= 15 is 0 Å². The maximum Gasteiger partial charge on any atom is 1.00 e. The molecular weight excluding hydrogens is 385 g/mol. The molecule has 1 amide bonds. The summed E-state index contributed by atoms with van der Waals surface area (Å²) in [6, 6.07) is 0. The fourth-order valence-electron chi connectivity index (χ4n) is 2.79. The molecule has 0 unspecified atom stereocenters. The SMILES string of the molecule is CCCCCCCC/C=C\CCCCCCCC(=O)[N-]CCS(=O)(=O)OC.[Na+]. The van der Waals surface area contributed by atoms with Gasteiger partial charge in [0.2, 0.25) is 0 Å². The molecule has 0 aliphatic heterocycles. The van der Waals surface area contributed by atoms with Gasteiger partial charge in [-0.25, -0.2) is 0 Å². The molecule has 160 valence electrons. The number of carbonyl (C=O) groups is 1. The minimum atomic E-state index is -3.52. The Labute approximate surface area is 195 Å². The zero-order chi connectivity index (χ0) is 20.2. The fraction of sp³-hybridized carbons (Fsp3) is 0.857. The maximum absolute atomic E-state index is 11.5. The number of rotatable bonds is 19. The van der Waals surface area contributed by atoms with Gasteiger partial charge in [-0.3, -0.25) is 4.18 Å². The molecule has 0 saturated carbocycles. The van der Waals surface area contributed by atoms with E-state index in [1.807, 2.05) is 0 Å². The molecule has 5 nitrogen and oxygen atoms in total. The van der Waals surface area contributed by atoms with Gasteiger partial charge in [-0.15, -0.1) is 6.54 Å². The Balaban J connectivity index is 0. The molecule has 7 heteroatoms. The number of hydrogen-bond acceptors (Lipinski definition) is 4. The Morgan fingerprint density at radius 3 is 1.89 bits per heavy atom. The average molecular weight is 426 g/mol. The fourth-order valence-corrected chi connectivity index (χ4v) is 3.27. The Kier molecular flexibility index (Phi) is 23.6. The number of hydrogen-bond donors (Lipinski definition) is 0. The van der Waals surface area contributed by atoms with Gasteiger partial charge >= 0.3 is 29.6 Å². The summed E-state index contributed by atoms with van der Waals surface area (Å²) in [4.78, 5) is 11.5. The van der Waals surface area contributed by atoms with E-state index in [0.717, 1.165) is 32.8 Å². The summed E-state index contributed by atoms with van der Waals surface area (Å²) in [5.41, 5.74) is 0. The zero-order valence-corrected chi connectivity index (χ0v) is 21.3.